The van der Waals surface area contributed by atoms with Crippen LogP contribution in [0.15, 0.2) is 71.7 Å². The van der Waals surface area contributed by atoms with Crippen LogP contribution in [0.25, 0.3) is 11.1 Å². The number of ether oxygens (including phenoxy) is 2. The van der Waals surface area contributed by atoms with E-state index in [0.717, 1.165) is 16.0 Å². The van der Waals surface area contributed by atoms with E-state index in [1.54, 1.807) is 32.0 Å². The Labute approximate surface area is 157 Å². The highest BCUT2D eigenvalue weighted by molar-refractivity contribution is 7.98. The second kappa shape index (κ2) is 8.54. The maximum absolute atomic E-state index is 11.7. The average Bonchev–Trinajstić information content (AvgIpc) is 2.62. The fraction of sp³-hybridized carbons (Fsp3) is 0.143. The second-order valence-electron chi connectivity index (χ2n) is 5.73. The van der Waals surface area contributed by atoms with E-state index < -0.39 is 11.9 Å². The Morgan fingerprint density at radius 1 is 0.846 bits per heavy atom. The molecule has 134 valence electrons. The normalized spacial score (nSPS) is 10.1. The zero-order valence-electron chi connectivity index (χ0n) is 15.0. The van der Waals surface area contributed by atoms with Gasteiger partial charge in [-0.15, -0.1) is 11.8 Å². The highest BCUT2D eigenvalue weighted by atomic mass is 32.2. The summed E-state index contributed by atoms with van der Waals surface area (Å²) in [5, 5.41) is 0. The number of rotatable bonds is 6. The zero-order valence-corrected chi connectivity index (χ0v) is 15.8. The molecule has 2 aromatic carbocycles. The van der Waals surface area contributed by atoms with Crippen LogP contribution >= 0.6 is 11.8 Å². The van der Waals surface area contributed by atoms with E-state index >= 15 is 0 Å². The van der Waals surface area contributed by atoms with Gasteiger partial charge in [0.2, 0.25) is 0 Å². The monoisotopic (exact) mass is 368 g/mol. The average molecular weight is 368 g/mol. The standard InChI is InChI=1S/C21H20O4S/c1-13(2)20(22)24-17-9-6-15(7-10-17)16-8-11-18(19(12-16)26-5)25-21(23)14(3)4/h6-12H,1,3H2,2,4-5H3. The highest BCUT2D eigenvalue weighted by Crippen LogP contribution is 2.33. The van der Waals surface area contributed by atoms with Gasteiger partial charge in [0.1, 0.15) is 11.5 Å². The van der Waals surface area contributed by atoms with Crippen molar-refractivity contribution in [3.8, 4) is 22.6 Å². The number of thioether (sulfide) groups is 1. The third-order valence-electron chi connectivity index (χ3n) is 3.46. The van der Waals surface area contributed by atoms with Crippen LogP contribution in [0.4, 0.5) is 0 Å². The van der Waals surface area contributed by atoms with Crippen molar-refractivity contribution in [1.29, 1.82) is 0 Å². The molecule has 0 unspecified atom stereocenters. The Morgan fingerprint density at radius 2 is 1.38 bits per heavy atom. The van der Waals surface area contributed by atoms with Gasteiger partial charge in [0.15, 0.2) is 0 Å². The molecule has 0 amide bonds. The van der Waals surface area contributed by atoms with Crippen LogP contribution in [0.5, 0.6) is 11.5 Å². The molecule has 2 rings (SSSR count). The summed E-state index contributed by atoms with van der Waals surface area (Å²) in [7, 11) is 0. The van der Waals surface area contributed by atoms with Crippen molar-refractivity contribution in [2.24, 2.45) is 0 Å². The number of carbonyl (C=O) groups excluding carboxylic acids is 2. The molecule has 0 aliphatic rings. The van der Waals surface area contributed by atoms with E-state index in [2.05, 4.69) is 13.2 Å². The first-order valence-electron chi connectivity index (χ1n) is 7.85. The largest absolute Gasteiger partial charge is 0.423 e. The number of hydrogen-bond donors (Lipinski definition) is 0. The van der Waals surface area contributed by atoms with Crippen molar-refractivity contribution >= 4 is 23.7 Å². The molecule has 0 radical (unpaired) electrons. The Morgan fingerprint density at radius 3 is 1.92 bits per heavy atom. The number of carbonyl (C=O) groups is 2. The summed E-state index contributed by atoms with van der Waals surface area (Å²) < 4.78 is 10.5. The maximum Gasteiger partial charge on any atom is 0.338 e. The van der Waals surface area contributed by atoms with Gasteiger partial charge < -0.3 is 9.47 Å². The van der Waals surface area contributed by atoms with Gasteiger partial charge in [0, 0.05) is 11.1 Å². The smallest absolute Gasteiger partial charge is 0.338 e. The van der Waals surface area contributed by atoms with Gasteiger partial charge in [0.25, 0.3) is 0 Å². The van der Waals surface area contributed by atoms with Crippen molar-refractivity contribution in [2.45, 2.75) is 18.7 Å². The third-order valence-corrected chi connectivity index (χ3v) is 4.22. The van der Waals surface area contributed by atoms with Gasteiger partial charge in [-0.1, -0.05) is 31.4 Å². The summed E-state index contributed by atoms with van der Waals surface area (Å²) in [5.41, 5.74) is 2.61. The molecule has 0 aromatic heterocycles. The first-order chi connectivity index (χ1) is 12.3. The highest BCUT2D eigenvalue weighted by Gasteiger charge is 2.11. The fourth-order valence-corrected chi connectivity index (χ4v) is 2.58. The first-order valence-corrected chi connectivity index (χ1v) is 9.08. The van der Waals surface area contributed by atoms with Gasteiger partial charge in [-0.05, 0) is 55.5 Å². The lowest BCUT2D eigenvalue weighted by molar-refractivity contribution is -0.131. The molecule has 5 heteroatoms. The van der Waals surface area contributed by atoms with E-state index in [4.69, 9.17) is 9.47 Å². The van der Waals surface area contributed by atoms with Crippen LogP contribution in [-0.2, 0) is 9.59 Å². The van der Waals surface area contributed by atoms with E-state index in [-0.39, 0.29) is 0 Å². The molecule has 0 saturated carbocycles. The van der Waals surface area contributed by atoms with Crippen LogP contribution in [0.3, 0.4) is 0 Å². The van der Waals surface area contributed by atoms with E-state index in [9.17, 15) is 9.59 Å². The lowest BCUT2D eigenvalue weighted by Crippen LogP contribution is -2.08. The summed E-state index contributed by atoms with van der Waals surface area (Å²) >= 11 is 1.49. The van der Waals surface area contributed by atoms with Gasteiger partial charge in [-0.3, -0.25) is 0 Å². The minimum absolute atomic E-state index is 0.346. The molecule has 4 nitrogen and oxygen atoms in total. The van der Waals surface area contributed by atoms with Crippen LogP contribution in [0, 0.1) is 0 Å². The SMILES string of the molecule is C=C(C)C(=O)Oc1ccc(-c2ccc(OC(=O)C(=C)C)c(SC)c2)cc1. The zero-order chi connectivity index (χ0) is 19.3. The second-order valence-corrected chi connectivity index (χ2v) is 6.58. The van der Waals surface area contributed by atoms with Crippen LogP contribution in [-0.4, -0.2) is 18.2 Å². The molecular formula is C21H20O4S. The summed E-state index contributed by atoms with van der Waals surface area (Å²) in [6, 6.07) is 12.8. The third kappa shape index (κ3) is 4.86. The molecule has 2 aromatic rings. The minimum atomic E-state index is -0.453. The van der Waals surface area contributed by atoms with Gasteiger partial charge in [0.05, 0.1) is 4.90 Å². The Bertz CT molecular complexity index is 866. The number of hydrogen-bond acceptors (Lipinski definition) is 5. The van der Waals surface area contributed by atoms with Crippen molar-refractivity contribution in [1.82, 2.24) is 0 Å². The van der Waals surface area contributed by atoms with Gasteiger partial charge >= 0.3 is 11.9 Å². The predicted octanol–water partition coefficient (Wildman–Crippen LogP) is 5.04. The molecule has 0 N–H and O–H groups in total. The summed E-state index contributed by atoms with van der Waals surface area (Å²) in [5.74, 6) is 0.0583. The molecule has 0 aliphatic carbocycles. The number of esters is 2. The Hall–Kier alpha value is -2.79. The minimum Gasteiger partial charge on any atom is -0.423 e. The lowest BCUT2D eigenvalue weighted by atomic mass is 10.1. The molecular weight excluding hydrogens is 348 g/mol. The van der Waals surface area contributed by atoms with Crippen molar-refractivity contribution in [3.05, 3.63) is 66.8 Å². The molecule has 0 heterocycles. The summed E-state index contributed by atoms with van der Waals surface area (Å²) in [6.45, 7) is 10.4. The van der Waals surface area contributed by atoms with Crippen LogP contribution < -0.4 is 9.47 Å². The molecule has 0 fully saturated rings. The van der Waals surface area contributed by atoms with E-state index in [0.29, 0.717) is 22.6 Å². The van der Waals surface area contributed by atoms with Gasteiger partial charge in [-0.2, -0.15) is 0 Å². The molecule has 0 saturated heterocycles. The lowest BCUT2D eigenvalue weighted by Gasteiger charge is -2.11. The maximum atomic E-state index is 11.7. The van der Waals surface area contributed by atoms with Crippen molar-refractivity contribution in [2.75, 3.05) is 6.26 Å². The topological polar surface area (TPSA) is 52.6 Å². The fourth-order valence-electron chi connectivity index (χ4n) is 2.03. The molecule has 0 bridgehead atoms. The first kappa shape index (κ1) is 19.5. The quantitative estimate of drug-likeness (QED) is 0.309. The molecule has 0 spiro atoms. The number of benzene rings is 2. The van der Waals surface area contributed by atoms with Crippen LogP contribution in [0.1, 0.15) is 13.8 Å². The molecule has 26 heavy (non-hydrogen) atoms. The molecule has 0 aliphatic heterocycles. The summed E-state index contributed by atoms with van der Waals surface area (Å²) in [4.78, 5) is 24.1. The van der Waals surface area contributed by atoms with Crippen molar-refractivity contribution in [3.63, 3.8) is 0 Å². The predicted molar refractivity (Wildman–Crippen MR) is 105 cm³/mol. The Balaban J connectivity index is 2.23. The van der Waals surface area contributed by atoms with Crippen LogP contribution in [0.2, 0.25) is 0 Å². The van der Waals surface area contributed by atoms with E-state index in [1.165, 1.54) is 11.8 Å². The summed E-state index contributed by atoms with van der Waals surface area (Å²) in [6.07, 6.45) is 1.91. The van der Waals surface area contributed by atoms with Crippen molar-refractivity contribution < 1.29 is 19.1 Å². The Kier molecular flexibility index (Phi) is 6.41. The van der Waals surface area contributed by atoms with E-state index in [1.807, 2.05) is 30.5 Å². The van der Waals surface area contributed by atoms with Gasteiger partial charge in [-0.25, -0.2) is 9.59 Å². The molecule has 0 atom stereocenters.